The Morgan fingerprint density at radius 3 is 2.53 bits per heavy atom. The Hall–Kier alpha value is -0.500. The number of hydrogen-bond acceptors (Lipinski definition) is 5. The van der Waals surface area contributed by atoms with E-state index in [0.717, 1.165) is 5.69 Å². The molecule has 0 saturated heterocycles. The number of ether oxygens (including phenoxy) is 1. The first-order valence-electron chi connectivity index (χ1n) is 4.32. The van der Waals surface area contributed by atoms with Crippen molar-refractivity contribution >= 4 is 21.4 Å². The van der Waals surface area contributed by atoms with E-state index in [1.54, 1.807) is 0 Å². The van der Waals surface area contributed by atoms with Crippen LogP contribution in [-0.4, -0.2) is 25.8 Å². The lowest BCUT2D eigenvalue weighted by Crippen LogP contribution is -2.32. The topological polar surface area (TPSA) is 82.3 Å². The molecule has 0 aromatic carbocycles. The Kier molecular flexibility index (Phi) is 3.82. The zero-order chi connectivity index (χ0) is 11.6. The summed E-state index contributed by atoms with van der Waals surface area (Å²) in [6.07, 6.45) is -0.598. The molecule has 0 bridgehead atoms. The smallest absolute Gasteiger partial charge is 0.214 e. The Labute approximate surface area is 93.3 Å². The van der Waals surface area contributed by atoms with Crippen LogP contribution in [0.2, 0.25) is 0 Å². The van der Waals surface area contributed by atoms with Gasteiger partial charge in [0.05, 0.1) is 0 Å². The second-order valence-electron chi connectivity index (χ2n) is 3.28. The summed E-state index contributed by atoms with van der Waals surface area (Å²) in [5.74, 6) is 0. The molecule has 0 aliphatic heterocycles. The normalized spacial score (nSPS) is 16.3. The minimum atomic E-state index is -3.61. The molecule has 0 aliphatic rings. The first-order valence-corrected chi connectivity index (χ1v) is 6.81. The van der Waals surface area contributed by atoms with Crippen molar-refractivity contribution in [3.05, 3.63) is 16.1 Å². The molecule has 0 fully saturated rings. The average molecular weight is 250 g/mol. The summed E-state index contributed by atoms with van der Waals surface area (Å²) in [5.41, 5.74) is 0.846. The fraction of sp³-hybridized carbons (Fsp3) is 0.625. The molecule has 1 rings (SSSR count). The maximum absolute atomic E-state index is 11.2. The molecular formula is C8H14N2O3S2. The zero-order valence-electron chi connectivity index (χ0n) is 8.80. The standard InChI is InChI=1S/C8H14N2O3S2/c1-5-4-14-8(10-5)7(13-3)6(2)15(9,11)12/h4,6-7H,1-3H3,(H2,9,11,12)/t6-,7-/m1/s1. The quantitative estimate of drug-likeness (QED) is 0.857. The van der Waals surface area contributed by atoms with Gasteiger partial charge in [0.2, 0.25) is 10.0 Å². The third-order valence-electron chi connectivity index (χ3n) is 2.08. The second-order valence-corrected chi connectivity index (χ2v) is 6.09. The lowest BCUT2D eigenvalue weighted by atomic mass is 10.3. The number of hydrogen-bond donors (Lipinski definition) is 1. The van der Waals surface area contributed by atoms with Crippen LogP contribution in [0.5, 0.6) is 0 Å². The predicted molar refractivity (Wildman–Crippen MR) is 59.2 cm³/mol. The molecule has 7 heteroatoms. The van der Waals surface area contributed by atoms with Crippen molar-refractivity contribution in [3.63, 3.8) is 0 Å². The van der Waals surface area contributed by atoms with Crippen LogP contribution in [0.3, 0.4) is 0 Å². The highest BCUT2D eigenvalue weighted by molar-refractivity contribution is 7.89. The first kappa shape index (κ1) is 12.6. The van der Waals surface area contributed by atoms with Crippen LogP contribution in [0, 0.1) is 6.92 Å². The molecule has 15 heavy (non-hydrogen) atoms. The summed E-state index contributed by atoms with van der Waals surface area (Å²) in [4.78, 5) is 4.19. The van der Waals surface area contributed by atoms with Gasteiger partial charge in [0, 0.05) is 18.2 Å². The highest BCUT2D eigenvalue weighted by Crippen LogP contribution is 2.26. The van der Waals surface area contributed by atoms with E-state index in [9.17, 15) is 8.42 Å². The number of methoxy groups -OCH3 is 1. The molecule has 1 heterocycles. The molecule has 2 N–H and O–H groups in total. The number of primary sulfonamides is 1. The molecule has 1 aromatic heterocycles. The number of nitrogens with zero attached hydrogens (tertiary/aromatic N) is 1. The van der Waals surface area contributed by atoms with Crippen LogP contribution < -0.4 is 5.14 Å². The maximum Gasteiger partial charge on any atom is 0.214 e. The van der Waals surface area contributed by atoms with E-state index in [1.165, 1.54) is 25.4 Å². The number of aryl methyl sites for hydroxylation is 1. The van der Waals surface area contributed by atoms with E-state index in [4.69, 9.17) is 9.88 Å². The summed E-state index contributed by atoms with van der Waals surface area (Å²) in [6, 6.07) is 0. The van der Waals surface area contributed by atoms with Gasteiger partial charge >= 0.3 is 0 Å². The number of sulfonamides is 1. The molecule has 86 valence electrons. The van der Waals surface area contributed by atoms with Crippen molar-refractivity contribution < 1.29 is 13.2 Å². The van der Waals surface area contributed by atoms with Crippen molar-refractivity contribution in [1.29, 1.82) is 0 Å². The van der Waals surface area contributed by atoms with Gasteiger partial charge in [-0.05, 0) is 13.8 Å². The Balaban J connectivity index is 2.99. The van der Waals surface area contributed by atoms with Gasteiger partial charge in [-0.3, -0.25) is 0 Å². The third-order valence-corrected chi connectivity index (χ3v) is 4.39. The van der Waals surface area contributed by atoms with E-state index in [-0.39, 0.29) is 0 Å². The van der Waals surface area contributed by atoms with Crippen molar-refractivity contribution in [2.75, 3.05) is 7.11 Å². The van der Waals surface area contributed by atoms with E-state index in [0.29, 0.717) is 5.01 Å². The van der Waals surface area contributed by atoms with E-state index in [2.05, 4.69) is 4.98 Å². The largest absolute Gasteiger partial charge is 0.373 e. The van der Waals surface area contributed by atoms with Gasteiger partial charge < -0.3 is 4.74 Å². The molecule has 5 nitrogen and oxygen atoms in total. The van der Waals surface area contributed by atoms with Gasteiger partial charge in [-0.25, -0.2) is 18.5 Å². The van der Waals surface area contributed by atoms with E-state index in [1.807, 2.05) is 12.3 Å². The molecule has 0 unspecified atom stereocenters. The van der Waals surface area contributed by atoms with Crippen LogP contribution >= 0.6 is 11.3 Å². The summed E-state index contributed by atoms with van der Waals surface area (Å²) in [7, 11) is -2.16. The molecule has 0 radical (unpaired) electrons. The van der Waals surface area contributed by atoms with E-state index < -0.39 is 21.4 Å². The van der Waals surface area contributed by atoms with Gasteiger partial charge in [0.25, 0.3) is 0 Å². The van der Waals surface area contributed by atoms with Crippen LogP contribution in [0.4, 0.5) is 0 Å². The zero-order valence-corrected chi connectivity index (χ0v) is 10.4. The molecular weight excluding hydrogens is 236 g/mol. The number of aromatic nitrogens is 1. The predicted octanol–water partition coefficient (Wildman–Crippen LogP) is 0.816. The SMILES string of the molecule is CO[C@@H](c1nc(C)cs1)[C@@H](C)S(N)(=O)=O. The average Bonchev–Trinajstić information content (AvgIpc) is 2.51. The second kappa shape index (κ2) is 4.56. The van der Waals surface area contributed by atoms with Crippen LogP contribution in [0.1, 0.15) is 23.7 Å². The molecule has 2 atom stereocenters. The fourth-order valence-electron chi connectivity index (χ4n) is 1.17. The Bertz CT molecular complexity index is 427. The van der Waals surface area contributed by atoms with Gasteiger partial charge in [0.1, 0.15) is 16.4 Å². The molecule has 0 amide bonds. The number of thiazole rings is 1. The van der Waals surface area contributed by atoms with Crippen molar-refractivity contribution in [2.24, 2.45) is 5.14 Å². The number of rotatable bonds is 4. The Morgan fingerprint density at radius 2 is 2.20 bits per heavy atom. The van der Waals surface area contributed by atoms with Crippen molar-refractivity contribution in [3.8, 4) is 0 Å². The van der Waals surface area contributed by atoms with Crippen LogP contribution in [0.25, 0.3) is 0 Å². The maximum atomic E-state index is 11.2. The van der Waals surface area contributed by atoms with Crippen molar-refractivity contribution in [1.82, 2.24) is 4.98 Å². The van der Waals surface area contributed by atoms with E-state index >= 15 is 0 Å². The summed E-state index contributed by atoms with van der Waals surface area (Å²) >= 11 is 1.37. The van der Waals surface area contributed by atoms with Crippen LogP contribution in [-0.2, 0) is 14.8 Å². The highest BCUT2D eigenvalue weighted by atomic mass is 32.2. The monoisotopic (exact) mass is 250 g/mol. The molecule has 0 spiro atoms. The van der Waals surface area contributed by atoms with Gasteiger partial charge in [-0.2, -0.15) is 0 Å². The first-order chi connectivity index (χ1) is 6.86. The minimum Gasteiger partial charge on any atom is -0.373 e. The molecule has 0 aliphatic carbocycles. The van der Waals surface area contributed by atoms with Gasteiger partial charge in [-0.15, -0.1) is 11.3 Å². The summed E-state index contributed by atoms with van der Waals surface area (Å²) < 4.78 is 27.5. The molecule has 0 saturated carbocycles. The third kappa shape index (κ3) is 2.97. The van der Waals surface area contributed by atoms with Gasteiger partial charge in [0.15, 0.2) is 0 Å². The highest BCUT2D eigenvalue weighted by Gasteiger charge is 2.29. The lowest BCUT2D eigenvalue weighted by Gasteiger charge is -2.18. The van der Waals surface area contributed by atoms with Crippen molar-refractivity contribution in [2.45, 2.75) is 25.2 Å². The lowest BCUT2D eigenvalue weighted by molar-refractivity contribution is 0.102. The van der Waals surface area contributed by atoms with Gasteiger partial charge in [-0.1, -0.05) is 0 Å². The molecule has 1 aromatic rings. The summed E-state index contributed by atoms with van der Waals surface area (Å²) in [5, 5.41) is 6.75. The Morgan fingerprint density at radius 1 is 1.60 bits per heavy atom. The fourth-order valence-corrected chi connectivity index (χ4v) is 2.81. The number of nitrogens with two attached hydrogens (primary N) is 1. The minimum absolute atomic E-state index is 0.598. The van der Waals surface area contributed by atoms with Crippen LogP contribution in [0.15, 0.2) is 5.38 Å². The summed E-state index contributed by atoms with van der Waals surface area (Å²) in [6.45, 7) is 3.36.